The monoisotopic (exact) mass is 340 g/mol. The van der Waals surface area contributed by atoms with E-state index in [1.54, 1.807) is 6.08 Å². The number of carbonyl (C=O) groups is 1. The van der Waals surface area contributed by atoms with Crippen molar-refractivity contribution >= 4 is 5.91 Å². The van der Waals surface area contributed by atoms with Crippen molar-refractivity contribution in [3.8, 4) is 0 Å². The summed E-state index contributed by atoms with van der Waals surface area (Å²) in [5, 5.41) is 2.98. The maximum atomic E-state index is 12.7. The molecule has 3 nitrogen and oxygen atoms in total. The topological polar surface area (TPSA) is 32.3 Å². The number of hydrogen-bond donors (Lipinski definition) is 1. The molecule has 1 amide bonds. The largest absolute Gasteiger partial charge is 0.416 e. The zero-order valence-electron chi connectivity index (χ0n) is 13.9. The lowest BCUT2D eigenvalue weighted by atomic mass is 9.93. The molecule has 0 spiro atoms. The van der Waals surface area contributed by atoms with Crippen LogP contribution in [-0.2, 0) is 11.0 Å². The molecule has 0 saturated heterocycles. The number of hydrogen-bond acceptors (Lipinski definition) is 2. The second kappa shape index (κ2) is 7.83. The molecule has 1 N–H and O–H groups in total. The fourth-order valence-electron chi connectivity index (χ4n) is 3.05. The highest BCUT2D eigenvalue weighted by Crippen LogP contribution is 2.36. The van der Waals surface area contributed by atoms with Crippen molar-refractivity contribution in [1.82, 2.24) is 10.2 Å². The first kappa shape index (κ1) is 18.5. The van der Waals surface area contributed by atoms with E-state index < -0.39 is 11.7 Å². The van der Waals surface area contributed by atoms with E-state index in [0.29, 0.717) is 6.54 Å². The van der Waals surface area contributed by atoms with Crippen molar-refractivity contribution in [3.05, 3.63) is 47.5 Å². The van der Waals surface area contributed by atoms with E-state index in [-0.39, 0.29) is 17.9 Å². The van der Waals surface area contributed by atoms with E-state index in [1.165, 1.54) is 18.2 Å². The Labute approximate surface area is 140 Å². The molecule has 1 saturated carbocycles. The fraction of sp³-hybridized carbons (Fsp3) is 0.500. The van der Waals surface area contributed by atoms with Gasteiger partial charge in [0.2, 0.25) is 5.91 Å². The van der Waals surface area contributed by atoms with Gasteiger partial charge < -0.3 is 10.2 Å². The first-order valence-electron chi connectivity index (χ1n) is 8.06. The second-order valence-electron chi connectivity index (χ2n) is 6.44. The van der Waals surface area contributed by atoms with Crippen LogP contribution >= 0.6 is 0 Å². The van der Waals surface area contributed by atoms with Gasteiger partial charge in [-0.1, -0.05) is 24.6 Å². The molecule has 0 heterocycles. The quantitative estimate of drug-likeness (QED) is 0.831. The van der Waals surface area contributed by atoms with Crippen LogP contribution in [-0.4, -0.2) is 37.5 Å². The van der Waals surface area contributed by atoms with Crippen molar-refractivity contribution < 1.29 is 18.0 Å². The van der Waals surface area contributed by atoms with Gasteiger partial charge in [-0.3, -0.25) is 4.79 Å². The van der Waals surface area contributed by atoms with Crippen LogP contribution in [0.1, 0.15) is 36.3 Å². The summed E-state index contributed by atoms with van der Waals surface area (Å²) < 4.78 is 38.0. The summed E-state index contributed by atoms with van der Waals surface area (Å²) in [6, 6.07) is 5.26. The van der Waals surface area contributed by atoms with Crippen LogP contribution in [0.4, 0.5) is 13.2 Å². The van der Waals surface area contributed by atoms with E-state index in [2.05, 4.69) is 5.32 Å². The van der Waals surface area contributed by atoms with Gasteiger partial charge in [-0.05, 0) is 44.6 Å². The molecule has 2 atom stereocenters. The highest BCUT2D eigenvalue weighted by Gasteiger charge is 2.32. The van der Waals surface area contributed by atoms with Crippen LogP contribution in [0.5, 0.6) is 0 Å². The molecular weight excluding hydrogens is 317 g/mol. The minimum absolute atomic E-state index is 0.0294. The summed E-state index contributed by atoms with van der Waals surface area (Å²) in [5.74, 6) is -0.0841. The minimum Gasteiger partial charge on any atom is -0.349 e. The van der Waals surface area contributed by atoms with Crippen LogP contribution in [0.2, 0.25) is 0 Å². The zero-order chi connectivity index (χ0) is 17.7. The molecule has 0 aliphatic heterocycles. The molecule has 2 rings (SSSR count). The Morgan fingerprint density at radius 1 is 1.25 bits per heavy atom. The molecular formula is C18H23F3N2O. The van der Waals surface area contributed by atoms with Gasteiger partial charge in [0, 0.05) is 24.6 Å². The van der Waals surface area contributed by atoms with E-state index in [1.807, 2.05) is 19.0 Å². The molecule has 0 bridgehead atoms. The molecule has 132 valence electrons. The average molecular weight is 340 g/mol. The van der Waals surface area contributed by atoms with Crippen LogP contribution in [0, 0.1) is 0 Å². The number of halogens is 3. The predicted molar refractivity (Wildman–Crippen MR) is 87.7 cm³/mol. The third-order valence-electron chi connectivity index (χ3n) is 4.25. The lowest BCUT2D eigenvalue weighted by Gasteiger charge is -2.21. The number of amides is 1. The number of alkyl halides is 3. The SMILES string of the molecule is CN(C)C/C=C/C(=O)N[C@@H]1CCC[C@H]1c1ccc(C(F)(F)F)cc1. The summed E-state index contributed by atoms with van der Waals surface area (Å²) >= 11 is 0. The minimum atomic E-state index is -4.32. The van der Waals surface area contributed by atoms with Crippen LogP contribution < -0.4 is 5.32 Å². The Bertz CT molecular complexity index is 579. The third kappa shape index (κ3) is 5.09. The molecule has 6 heteroatoms. The van der Waals surface area contributed by atoms with Gasteiger partial charge in [0.1, 0.15) is 0 Å². The van der Waals surface area contributed by atoms with Crippen LogP contribution in [0.3, 0.4) is 0 Å². The molecule has 1 aliphatic carbocycles. The maximum absolute atomic E-state index is 12.7. The Kier molecular flexibility index (Phi) is 6.04. The van der Waals surface area contributed by atoms with Crippen molar-refractivity contribution in [2.75, 3.05) is 20.6 Å². The van der Waals surface area contributed by atoms with Gasteiger partial charge >= 0.3 is 6.18 Å². The van der Waals surface area contributed by atoms with Crippen LogP contribution in [0.15, 0.2) is 36.4 Å². The highest BCUT2D eigenvalue weighted by molar-refractivity contribution is 5.87. The number of carbonyl (C=O) groups excluding carboxylic acids is 1. The maximum Gasteiger partial charge on any atom is 0.416 e. The average Bonchev–Trinajstić information content (AvgIpc) is 2.94. The van der Waals surface area contributed by atoms with Gasteiger partial charge in [0.25, 0.3) is 0 Å². The van der Waals surface area contributed by atoms with Gasteiger partial charge in [0.05, 0.1) is 5.56 Å². The summed E-state index contributed by atoms with van der Waals surface area (Å²) in [6.07, 6.45) is 1.66. The first-order valence-corrected chi connectivity index (χ1v) is 8.06. The molecule has 1 aromatic rings. The summed E-state index contributed by atoms with van der Waals surface area (Å²) in [7, 11) is 3.83. The van der Waals surface area contributed by atoms with Gasteiger partial charge in [-0.2, -0.15) is 13.2 Å². The zero-order valence-corrected chi connectivity index (χ0v) is 13.9. The molecule has 0 aromatic heterocycles. The molecule has 1 fully saturated rings. The summed E-state index contributed by atoms with van der Waals surface area (Å²) in [5.41, 5.74) is 0.208. The second-order valence-corrected chi connectivity index (χ2v) is 6.44. The Morgan fingerprint density at radius 2 is 1.92 bits per heavy atom. The molecule has 0 radical (unpaired) electrons. The first-order chi connectivity index (χ1) is 11.3. The molecule has 1 aromatic carbocycles. The third-order valence-corrected chi connectivity index (χ3v) is 4.25. The normalized spacial score (nSPS) is 21.6. The van der Waals surface area contributed by atoms with E-state index >= 15 is 0 Å². The summed E-state index contributed by atoms with van der Waals surface area (Å²) in [4.78, 5) is 13.9. The lowest BCUT2D eigenvalue weighted by Crippen LogP contribution is -2.35. The summed E-state index contributed by atoms with van der Waals surface area (Å²) in [6.45, 7) is 0.681. The van der Waals surface area contributed by atoms with Gasteiger partial charge in [-0.15, -0.1) is 0 Å². The number of rotatable bonds is 5. The van der Waals surface area contributed by atoms with E-state index in [0.717, 1.165) is 37.0 Å². The Morgan fingerprint density at radius 3 is 2.50 bits per heavy atom. The van der Waals surface area contributed by atoms with Crippen molar-refractivity contribution in [2.24, 2.45) is 0 Å². The Hall–Kier alpha value is -1.82. The smallest absolute Gasteiger partial charge is 0.349 e. The van der Waals surface area contributed by atoms with Gasteiger partial charge in [0.15, 0.2) is 0 Å². The Balaban J connectivity index is 2.00. The number of nitrogens with zero attached hydrogens (tertiary/aromatic N) is 1. The standard InChI is InChI=1S/C18H23F3N2O/c1-23(2)12-4-7-17(24)22-16-6-3-5-15(16)13-8-10-14(11-9-13)18(19,20)21/h4,7-11,15-16H,3,5-6,12H2,1-2H3,(H,22,24)/b7-4+/t15-,16+/m0/s1. The fourth-order valence-corrected chi connectivity index (χ4v) is 3.05. The van der Waals surface area contributed by atoms with E-state index in [4.69, 9.17) is 0 Å². The number of likely N-dealkylation sites (N-methyl/N-ethyl adjacent to an activating group) is 1. The predicted octanol–water partition coefficient (Wildman–Crippen LogP) is 3.58. The number of benzene rings is 1. The lowest BCUT2D eigenvalue weighted by molar-refractivity contribution is -0.137. The highest BCUT2D eigenvalue weighted by atomic mass is 19.4. The molecule has 1 aliphatic rings. The number of nitrogens with one attached hydrogen (secondary N) is 1. The molecule has 0 unspecified atom stereocenters. The van der Waals surface area contributed by atoms with E-state index in [9.17, 15) is 18.0 Å². The van der Waals surface area contributed by atoms with Gasteiger partial charge in [-0.25, -0.2) is 0 Å². The molecule has 24 heavy (non-hydrogen) atoms. The van der Waals surface area contributed by atoms with Crippen molar-refractivity contribution in [3.63, 3.8) is 0 Å². The van der Waals surface area contributed by atoms with Crippen molar-refractivity contribution in [2.45, 2.75) is 37.4 Å². The van der Waals surface area contributed by atoms with Crippen molar-refractivity contribution in [1.29, 1.82) is 0 Å². The van der Waals surface area contributed by atoms with Crippen LogP contribution in [0.25, 0.3) is 0 Å².